The summed E-state index contributed by atoms with van der Waals surface area (Å²) in [5, 5.41) is 2.68. The van der Waals surface area contributed by atoms with Crippen molar-refractivity contribution in [1.82, 2.24) is 9.80 Å². The maximum Gasteiger partial charge on any atom is 0.393 e. The number of nitrogens with one attached hydrogen (secondary N) is 1. The van der Waals surface area contributed by atoms with Gasteiger partial charge in [-0.15, -0.1) is 0 Å². The first kappa shape index (κ1) is 21.2. The van der Waals surface area contributed by atoms with Crippen LogP contribution >= 0.6 is 0 Å². The molecule has 2 rings (SSSR count). The lowest BCUT2D eigenvalue weighted by atomic mass is 9.97. The minimum atomic E-state index is -4.23. The number of nitrogens with zero attached hydrogens (tertiary/aromatic N) is 2. The molecule has 2 amide bonds. The Morgan fingerprint density at radius 2 is 1.96 bits per heavy atom. The fraction of sp³-hybridized carbons (Fsp3) is 0.579. The summed E-state index contributed by atoms with van der Waals surface area (Å²) in [4.78, 5) is 27.8. The van der Waals surface area contributed by atoms with Crippen LogP contribution in [0.2, 0.25) is 0 Å². The molecule has 0 aliphatic carbocycles. The van der Waals surface area contributed by atoms with Crippen LogP contribution in [0.5, 0.6) is 0 Å². The van der Waals surface area contributed by atoms with Crippen LogP contribution in [0.15, 0.2) is 24.3 Å². The van der Waals surface area contributed by atoms with Gasteiger partial charge in [-0.25, -0.2) is 0 Å². The smallest absolute Gasteiger partial charge is 0.339 e. The van der Waals surface area contributed by atoms with Gasteiger partial charge in [0.25, 0.3) is 5.91 Å². The van der Waals surface area contributed by atoms with E-state index in [1.54, 1.807) is 29.2 Å². The third kappa shape index (κ3) is 5.95. The third-order valence-corrected chi connectivity index (χ3v) is 4.78. The van der Waals surface area contributed by atoms with Gasteiger partial charge in [0.1, 0.15) is 0 Å². The number of rotatable bonds is 6. The Hall–Kier alpha value is -2.09. The van der Waals surface area contributed by atoms with Crippen LogP contribution in [0, 0.1) is 5.92 Å². The fourth-order valence-electron chi connectivity index (χ4n) is 3.29. The Morgan fingerprint density at radius 1 is 1.26 bits per heavy atom. The number of carbonyl (C=O) groups excluding carboxylic acids is 2. The van der Waals surface area contributed by atoms with Gasteiger partial charge in [0, 0.05) is 30.9 Å². The van der Waals surface area contributed by atoms with E-state index in [1.165, 1.54) is 4.90 Å². The average Bonchev–Trinajstić information content (AvgIpc) is 2.62. The molecule has 1 saturated heterocycles. The quantitative estimate of drug-likeness (QED) is 0.817. The van der Waals surface area contributed by atoms with Gasteiger partial charge in [-0.1, -0.05) is 6.07 Å². The monoisotopic (exact) mass is 385 g/mol. The number of piperidine rings is 1. The van der Waals surface area contributed by atoms with Gasteiger partial charge in [-0.3, -0.25) is 14.5 Å². The molecule has 0 spiro atoms. The first-order valence-corrected chi connectivity index (χ1v) is 9.22. The van der Waals surface area contributed by atoms with Crippen molar-refractivity contribution >= 4 is 17.5 Å². The van der Waals surface area contributed by atoms with Crippen LogP contribution < -0.4 is 5.32 Å². The third-order valence-electron chi connectivity index (χ3n) is 4.78. The Balaban J connectivity index is 1.96. The highest BCUT2D eigenvalue weighted by Gasteiger charge is 2.41. The fourth-order valence-corrected chi connectivity index (χ4v) is 3.29. The van der Waals surface area contributed by atoms with E-state index in [0.717, 1.165) is 0 Å². The van der Waals surface area contributed by atoms with E-state index in [2.05, 4.69) is 5.32 Å². The Kier molecular flexibility index (Phi) is 7.24. The van der Waals surface area contributed by atoms with E-state index in [-0.39, 0.29) is 31.3 Å². The molecule has 150 valence electrons. The molecule has 1 unspecified atom stereocenters. The highest BCUT2D eigenvalue weighted by molar-refractivity contribution is 5.97. The molecular weight excluding hydrogens is 359 g/mol. The molecule has 0 radical (unpaired) electrons. The Bertz CT molecular complexity index is 660. The number of anilines is 1. The van der Waals surface area contributed by atoms with Crippen LogP contribution in [-0.4, -0.2) is 60.5 Å². The Morgan fingerprint density at radius 3 is 2.59 bits per heavy atom. The molecule has 1 heterocycles. The van der Waals surface area contributed by atoms with E-state index >= 15 is 0 Å². The number of likely N-dealkylation sites (tertiary alicyclic amines) is 1. The van der Waals surface area contributed by atoms with Crippen molar-refractivity contribution in [3.8, 4) is 0 Å². The zero-order chi connectivity index (χ0) is 20.0. The van der Waals surface area contributed by atoms with Gasteiger partial charge in [-0.2, -0.15) is 13.2 Å². The summed E-state index contributed by atoms with van der Waals surface area (Å²) >= 11 is 0. The summed E-state index contributed by atoms with van der Waals surface area (Å²) in [5.74, 6) is -1.89. The van der Waals surface area contributed by atoms with E-state index in [4.69, 9.17) is 0 Å². The lowest BCUT2D eigenvalue weighted by Crippen LogP contribution is -2.44. The van der Waals surface area contributed by atoms with Crippen molar-refractivity contribution < 1.29 is 22.8 Å². The lowest BCUT2D eigenvalue weighted by molar-refractivity contribution is -0.186. The highest BCUT2D eigenvalue weighted by atomic mass is 19.4. The van der Waals surface area contributed by atoms with Crippen molar-refractivity contribution in [1.29, 1.82) is 0 Å². The number of hydrogen-bond donors (Lipinski definition) is 1. The summed E-state index contributed by atoms with van der Waals surface area (Å²) in [5.41, 5.74) is 0.925. The highest BCUT2D eigenvalue weighted by Crippen LogP contribution is 2.33. The Labute approximate surface area is 157 Å². The minimum Gasteiger partial charge on any atom is -0.339 e. The summed E-state index contributed by atoms with van der Waals surface area (Å²) in [7, 11) is 0. The first-order valence-electron chi connectivity index (χ1n) is 9.22. The zero-order valence-corrected chi connectivity index (χ0v) is 15.7. The second kappa shape index (κ2) is 9.21. The SMILES string of the molecule is CCN(CC)C(=O)c1cccc(NC(=O)CN2CCCC(C(F)(F)F)C2)c1. The van der Waals surface area contributed by atoms with E-state index in [9.17, 15) is 22.8 Å². The zero-order valence-electron chi connectivity index (χ0n) is 15.7. The normalized spacial score (nSPS) is 18.2. The number of halogens is 3. The maximum atomic E-state index is 12.9. The van der Waals surface area contributed by atoms with E-state index < -0.39 is 12.1 Å². The molecule has 1 aromatic rings. The second-order valence-electron chi connectivity index (χ2n) is 6.72. The van der Waals surface area contributed by atoms with Gasteiger partial charge in [0.2, 0.25) is 5.91 Å². The largest absolute Gasteiger partial charge is 0.393 e. The number of hydrogen-bond acceptors (Lipinski definition) is 3. The molecule has 1 aliphatic rings. The molecule has 1 atom stereocenters. The topological polar surface area (TPSA) is 52.7 Å². The van der Waals surface area contributed by atoms with Crippen LogP contribution in [0.1, 0.15) is 37.0 Å². The molecule has 1 aromatic carbocycles. The van der Waals surface area contributed by atoms with Crippen molar-refractivity contribution in [3.05, 3.63) is 29.8 Å². The number of alkyl halides is 3. The molecule has 1 N–H and O–H groups in total. The molecule has 8 heteroatoms. The molecule has 5 nitrogen and oxygen atoms in total. The van der Waals surface area contributed by atoms with E-state index in [0.29, 0.717) is 37.3 Å². The molecule has 1 aliphatic heterocycles. The van der Waals surface area contributed by atoms with Gasteiger partial charge in [0.15, 0.2) is 0 Å². The van der Waals surface area contributed by atoms with Crippen molar-refractivity contribution in [2.45, 2.75) is 32.9 Å². The second-order valence-corrected chi connectivity index (χ2v) is 6.72. The molecular formula is C19H26F3N3O2. The summed E-state index contributed by atoms with van der Waals surface area (Å²) < 4.78 is 38.6. The molecule has 0 saturated carbocycles. The van der Waals surface area contributed by atoms with Crippen molar-refractivity contribution in [3.63, 3.8) is 0 Å². The lowest BCUT2D eigenvalue weighted by Gasteiger charge is -2.33. The number of carbonyl (C=O) groups is 2. The molecule has 1 fully saturated rings. The average molecular weight is 385 g/mol. The number of benzene rings is 1. The van der Waals surface area contributed by atoms with Crippen molar-refractivity contribution in [2.24, 2.45) is 5.92 Å². The van der Waals surface area contributed by atoms with Gasteiger partial charge in [-0.05, 0) is 51.4 Å². The van der Waals surface area contributed by atoms with Crippen molar-refractivity contribution in [2.75, 3.05) is 38.0 Å². The van der Waals surface area contributed by atoms with Gasteiger partial charge < -0.3 is 10.2 Å². The van der Waals surface area contributed by atoms with Crippen LogP contribution in [0.4, 0.5) is 18.9 Å². The molecule has 27 heavy (non-hydrogen) atoms. The summed E-state index contributed by atoms with van der Waals surface area (Å²) in [6.45, 7) is 5.17. The predicted molar refractivity (Wildman–Crippen MR) is 97.5 cm³/mol. The van der Waals surface area contributed by atoms with E-state index in [1.807, 2.05) is 13.8 Å². The maximum absolute atomic E-state index is 12.9. The number of amides is 2. The standard InChI is InChI=1S/C19H26F3N3O2/c1-3-25(4-2)18(27)14-7-5-9-16(11-14)23-17(26)13-24-10-6-8-15(12-24)19(20,21)22/h5,7,9,11,15H,3-4,6,8,10,12-13H2,1-2H3,(H,23,26). The van der Waals surface area contributed by atoms with Gasteiger partial charge in [0.05, 0.1) is 12.5 Å². The molecule has 0 aromatic heterocycles. The van der Waals surface area contributed by atoms with Crippen LogP contribution in [0.3, 0.4) is 0 Å². The summed E-state index contributed by atoms with van der Waals surface area (Å²) in [6, 6.07) is 6.60. The summed E-state index contributed by atoms with van der Waals surface area (Å²) in [6.07, 6.45) is -3.70. The minimum absolute atomic E-state index is 0.0964. The molecule has 0 bridgehead atoms. The first-order chi connectivity index (χ1) is 12.7. The van der Waals surface area contributed by atoms with Crippen LogP contribution in [-0.2, 0) is 4.79 Å². The van der Waals surface area contributed by atoms with Crippen LogP contribution in [0.25, 0.3) is 0 Å². The van der Waals surface area contributed by atoms with Gasteiger partial charge >= 0.3 is 6.18 Å². The predicted octanol–water partition coefficient (Wildman–Crippen LogP) is 3.38.